The van der Waals surface area contributed by atoms with E-state index in [4.69, 9.17) is 4.98 Å². The van der Waals surface area contributed by atoms with Crippen LogP contribution in [0.5, 0.6) is 5.75 Å². The number of H-pyrrole nitrogens is 2. The number of aromatic amines is 2. The first kappa shape index (κ1) is 18.2. The van der Waals surface area contributed by atoms with E-state index in [-0.39, 0.29) is 5.75 Å². The van der Waals surface area contributed by atoms with Gasteiger partial charge in [-0.2, -0.15) is 5.10 Å². The summed E-state index contributed by atoms with van der Waals surface area (Å²) in [6.07, 6.45) is 5.07. The molecule has 0 saturated carbocycles. The van der Waals surface area contributed by atoms with Gasteiger partial charge >= 0.3 is 0 Å². The van der Waals surface area contributed by atoms with Crippen LogP contribution in [-0.2, 0) is 0 Å². The number of nitrogens with one attached hydrogen (secondary N) is 2. The van der Waals surface area contributed by atoms with Gasteiger partial charge in [-0.1, -0.05) is 6.07 Å². The van der Waals surface area contributed by atoms with Gasteiger partial charge in [-0.15, -0.1) is 0 Å². The molecule has 32 heavy (non-hydrogen) atoms. The largest absolute Gasteiger partial charge is 0.508 e. The number of nitrogens with zero attached hydrogens (tertiary/aromatic N) is 4. The van der Waals surface area contributed by atoms with Gasteiger partial charge in [-0.3, -0.25) is 15.1 Å². The van der Waals surface area contributed by atoms with Crippen LogP contribution in [-0.4, -0.2) is 35.2 Å². The van der Waals surface area contributed by atoms with Crippen LogP contribution in [0.2, 0.25) is 0 Å². The molecule has 0 aliphatic heterocycles. The summed E-state index contributed by atoms with van der Waals surface area (Å²) in [7, 11) is 0. The molecule has 6 rings (SSSR count). The van der Waals surface area contributed by atoms with Crippen molar-refractivity contribution in [1.29, 1.82) is 0 Å². The fourth-order valence-corrected chi connectivity index (χ4v) is 3.88. The van der Waals surface area contributed by atoms with Gasteiger partial charge in [0.2, 0.25) is 0 Å². The maximum absolute atomic E-state index is 13.9. The molecule has 0 amide bonds. The second kappa shape index (κ2) is 6.98. The number of aromatic hydroxyl groups is 1. The highest BCUT2D eigenvalue weighted by atomic mass is 19.1. The molecule has 5 heterocycles. The molecule has 0 aliphatic carbocycles. The Morgan fingerprint density at radius 3 is 2.69 bits per heavy atom. The Kier molecular flexibility index (Phi) is 3.97. The number of rotatable bonds is 3. The molecular weight excluding hydrogens is 407 g/mol. The Morgan fingerprint density at radius 2 is 1.84 bits per heavy atom. The molecule has 0 unspecified atom stereocenters. The summed E-state index contributed by atoms with van der Waals surface area (Å²) in [6.45, 7) is 0. The van der Waals surface area contributed by atoms with Crippen LogP contribution in [0.1, 0.15) is 0 Å². The van der Waals surface area contributed by atoms with E-state index in [0.717, 1.165) is 39.6 Å². The van der Waals surface area contributed by atoms with Gasteiger partial charge in [-0.25, -0.2) is 9.37 Å². The van der Waals surface area contributed by atoms with Crippen molar-refractivity contribution in [3.05, 3.63) is 79.0 Å². The Labute approximate surface area is 180 Å². The SMILES string of the molecule is Oc1cc(F)cc(-c2cncc3[nH]c(-c4n[nH]c5ccc(-c6ccccn6)nc45)cc23)c1. The number of benzene rings is 1. The van der Waals surface area contributed by atoms with E-state index in [2.05, 4.69) is 25.1 Å². The molecule has 0 aliphatic rings. The number of hydrogen-bond donors (Lipinski definition) is 3. The van der Waals surface area contributed by atoms with Crippen molar-refractivity contribution in [2.45, 2.75) is 0 Å². The average Bonchev–Trinajstić information content (AvgIpc) is 3.42. The molecule has 0 atom stereocenters. The van der Waals surface area contributed by atoms with E-state index < -0.39 is 5.82 Å². The lowest BCUT2D eigenvalue weighted by atomic mass is 10.0. The standard InChI is InChI=1S/C24H15FN6O/c25-14-7-13(8-15(32)9-14)17-11-26-12-22-16(17)10-21(28-22)24-23-20(30-31-24)5-4-19(29-23)18-3-1-2-6-27-18/h1-12,28,32H,(H,30,31). The summed E-state index contributed by atoms with van der Waals surface area (Å²) in [5.74, 6) is -0.658. The summed E-state index contributed by atoms with van der Waals surface area (Å²) >= 11 is 0. The van der Waals surface area contributed by atoms with Crippen molar-refractivity contribution in [3.8, 4) is 39.7 Å². The molecule has 0 bridgehead atoms. The average molecular weight is 422 g/mol. The summed E-state index contributed by atoms with van der Waals surface area (Å²) in [5.41, 5.74) is 6.41. The number of pyridine rings is 3. The van der Waals surface area contributed by atoms with E-state index in [1.54, 1.807) is 18.6 Å². The minimum Gasteiger partial charge on any atom is -0.508 e. The van der Waals surface area contributed by atoms with Crippen molar-refractivity contribution in [2.75, 3.05) is 0 Å². The van der Waals surface area contributed by atoms with Crippen molar-refractivity contribution in [2.24, 2.45) is 0 Å². The lowest BCUT2D eigenvalue weighted by Crippen LogP contribution is -1.87. The number of phenols is 1. The highest BCUT2D eigenvalue weighted by molar-refractivity contribution is 6.00. The lowest BCUT2D eigenvalue weighted by Gasteiger charge is -2.04. The van der Waals surface area contributed by atoms with Gasteiger partial charge in [-0.05, 0) is 48.0 Å². The fraction of sp³-hybridized carbons (Fsp3) is 0. The normalized spacial score (nSPS) is 11.4. The Morgan fingerprint density at radius 1 is 0.906 bits per heavy atom. The number of aromatic nitrogens is 6. The zero-order valence-corrected chi connectivity index (χ0v) is 16.5. The van der Waals surface area contributed by atoms with Gasteiger partial charge in [0.25, 0.3) is 0 Å². The molecule has 3 N–H and O–H groups in total. The van der Waals surface area contributed by atoms with Crippen LogP contribution in [0.15, 0.2) is 73.2 Å². The van der Waals surface area contributed by atoms with Crippen LogP contribution in [0.3, 0.4) is 0 Å². The topological polar surface area (TPSA) is 103 Å². The Bertz CT molecular complexity index is 1590. The zero-order valence-electron chi connectivity index (χ0n) is 16.5. The molecule has 0 saturated heterocycles. The van der Waals surface area contributed by atoms with Crippen LogP contribution >= 0.6 is 0 Å². The monoisotopic (exact) mass is 422 g/mol. The summed E-state index contributed by atoms with van der Waals surface area (Å²) in [5, 5.41) is 18.1. The predicted molar refractivity (Wildman–Crippen MR) is 119 cm³/mol. The third-order valence-corrected chi connectivity index (χ3v) is 5.33. The molecule has 0 radical (unpaired) electrons. The summed E-state index contributed by atoms with van der Waals surface area (Å²) in [6, 6.07) is 15.4. The highest BCUT2D eigenvalue weighted by Crippen LogP contribution is 2.34. The van der Waals surface area contributed by atoms with Crippen LogP contribution in [0.25, 0.3) is 55.8 Å². The van der Waals surface area contributed by atoms with Gasteiger partial charge in [0.05, 0.1) is 34.3 Å². The maximum Gasteiger partial charge on any atom is 0.135 e. The number of halogens is 1. The van der Waals surface area contributed by atoms with E-state index in [9.17, 15) is 9.50 Å². The Hall–Kier alpha value is -4.59. The molecule has 0 spiro atoms. The molecule has 0 fully saturated rings. The van der Waals surface area contributed by atoms with Crippen molar-refractivity contribution >= 4 is 21.9 Å². The molecule has 5 aromatic heterocycles. The zero-order chi connectivity index (χ0) is 21.7. The minimum atomic E-state index is -0.516. The van der Waals surface area contributed by atoms with Crippen molar-refractivity contribution < 1.29 is 9.50 Å². The first-order valence-electron chi connectivity index (χ1n) is 9.89. The number of phenolic OH excluding ortho intramolecular Hbond substituents is 1. The van der Waals surface area contributed by atoms with E-state index in [1.807, 2.05) is 36.4 Å². The van der Waals surface area contributed by atoms with Crippen LogP contribution in [0.4, 0.5) is 4.39 Å². The van der Waals surface area contributed by atoms with E-state index >= 15 is 0 Å². The second-order valence-corrected chi connectivity index (χ2v) is 7.41. The molecule has 154 valence electrons. The summed E-state index contributed by atoms with van der Waals surface area (Å²) < 4.78 is 13.9. The molecular formula is C24H15FN6O. The van der Waals surface area contributed by atoms with Gasteiger partial charge < -0.3 is 10.1 Å². The van der Waals surface area contributed by atoms with E-state index in [0.29, 0.717) is 22.3 Å². The minimum absolute atomic E-state index is 0.141. The number of hydrogen-bond acceptors (Lipinski definition) is 5. The molecule has 6 aromatic rings. The van der Waals surface area contributed by atoms with Gasteiger partial charge in [0.15, 0.2) is 0 Å². The van der Waals surface area contributed by atoms with Crippen molar-refractivity contribution in [3.63, 3.8) is 0 Å². The smallest absolute Gasteiger partial charge is 0.135 e. The molecule has 7 nitrogen and oxygen atoms in total. The first-order chi connectivity index (χ1) is 15.7. The predicted octanol–water partition coefficient (Wildman–Crippen LogP) is 5.07. The van der Waals surface area contributed by atoms with E-state index in [1.165, 1.54) is 12.1 Å². The second-order valence-electron chi connectivity index (χ2n) is 7.41. The third-order valence-electron chi connectivity index (χ3n) is 5.33. The fourth-order valence-electron chi connectivity index (χ4n) is 3.88. The summed E-state index contributed by atoms with van der Waals surface area (Å²) in [4.78, 5) is 16.8. The third kappa shape index (κ3) is 2.97. The van der Waals surface area contributed by atoms with Crippen LogP contribution in [0, 0.1) is 5.82 Å². The quantitative estimate of drug-likeness (QED) is 0.369. The maximum atomic E-state index is 13.9. The Balaban J connectivity index is 1.52. The highest BCUT2D eigenvalue weighted by Gasteiger charge is 2.16. The van der Waals surface area contributed by atoms with Gasteiger partial charge in [0, 0.05) is 29.4 Å². The number of fused-ring (bicyclic) bond motifs is 2. The van der Waals surface area contributed by atoms with Crippen molar-refractivity contribution in [1.82, 2.24) is 30.1 Å². The lowest BCUT2D eigenvalue weighted by molar-refractivity contribution is 0.469. The van der Waals surface area contributed by atoms with Crippen LogP contribution < -0.4 is 0 Å². The molecule has 8 heteroatoms. The molecule has 1 aromatic carbocycles. The van der Waals surface area contributed by atoms with Gasteiger partial charge in [0.1, 0.15) is 22.8 Å². The first-order valence-corrected chi connectivity index (χ1v) is 9.89.